The molecular formula is C10H10BrClO4S. The fourth-order valence-corrected chi connectivity index (χ4v) is 2.65. The molecule has 0 bridgehead atoms. The van der Waals surface area contributed by atoms with E-state index in [9.17, 15) is 13.2 Å². The van der Waals surface area contributed by atoms with Crippen molar-refractivity contribution in [1.29, 1.82) is 0 Å². The highest BCUT2D eigenvalue weighted by molar-refractivity contribution is 9.11. The lowest BCUT2D eigenvalue weighted by molar-refractivity contribution is 0.108. The topological polar surface area (TPSA) is 60.4 Å². The van der Waals surface area contributed by atoms with Crippen LogP contribution in [0.1, 0.15) is 17.3 Å². The number of alkyl halides is 1. The second-order valence-corrected chi connectivity index (χ2v) is 7.26. The Balaban J connectivity index is 2.89. The van der Waals surface area contributed by atoms with Crippen molar-refractivity contribution in [2.45, 2.75) is 11.3 Å². The molecule has 1 atom stereocenters. The van der Waals surface area contributed by atoms with E-state index in [1.165, 1.54) is 19.1 Å². The summed E-state index contributed by atoms with van der Waals surface area (Å²) in [6.45, 7) is 1.52. The lowest BCUT2D eigenvalue weighted by Crippen LogP contribution is -2.22. The molecule has 0 saturated heterocycles. The summed E-state index contributed by atoms with van der Waals surface area (Å²) < 4.78 is 27.0. The van der Waals surface area contributed by atoms with Gasteiger partial charge in [0, 0.05) is 5.56 Å². The van der Waals surface area contributed by atoms with Crippen LogP contribution in [-0.4, -0.2) is 23.8 Å². The molecule has 1 aromatic carbocycles. The zero-order valence-electron chi connectivity index (χ0n) is 8.89. The molecule has 0 amide bonds. The third-order valence-electron chi connectivity index (χ3n) is 1.97. The molecule has 1 aromatic rings. The number of sulfone groups is 1. The molecule has 1 rings (SSSR count). The maximum Gasteiger partial charge on any atom is 0.253 e. The van der Waals surface area contributed by atoms with Crippen LogP contribution in [0, 0.1) is 0 Å². The van der Waals surface area contributed by atoms with E-state index >= 15 is 0 Å². The number of rotatable bonds is 5. The van der Waals surface area contributed by atoms with E-state index in [0.29, 0.717) is 0 Å². The smallest absolute Gasteiger partial charge is 0.253 e. The van der Waals surface area contributed by atoms with E-state index in [-0.39, 0.29) is 17.1 Å². The van der Waals surface area contributed by atoms with Crippen molar-refractivity contribution in [3.63, 3.8) is 0 Å². The summed E-state index contributed by atoms with van der Waals surface area (Å²) in [7, 11) is -3.35. The first-order valence-electron chi connectivity index (χ1n) is 4.69. The molecule has 0 saturated carbocycles. The van der Waals surface area contributed by atoms with Gasteiger partial charge in [-0.3, -0.25) is 4.79 Å². The molecule has 0 spiro atoms. The van der Waals surface area contributed by atoms with Crippen molar-refractivity contribution in [2.24, 2.45) is 0 Å². The van der Waals surface area contributed by atoms with Crippen LogP contribution in [0.3, 0.4) is 0 Å². The molecule has 0 radical (unpaired) electrons. The number of carbonyl (C=O) groups is 1. The molecule has 1 unspecified atom stereocenters. The monoisotopic (exact) mass is 340 g/mol. The van der Waals surface area contributed by atoms with Crippen molar-refractivity contribution in [3.05, 3.63) is 29.8 Å². The van der Waals surface area contributed by atoms with E-state index < -0.39 is 19.4 Å². The minimum Gasteiger partial charge on any atom is -0.464 e. The van der Waals surface area contributed by atoms with E-state index in [2.05, 4.69) is 15.9 Å². The molecule has 7 heteroatoms. The third-order valence-corrected chi connectivity index (χ3v) is 5.55. The average molecular weight is 342 g/mol. The minimum atomic E-state index is -3.35. The summed E-state index contributed by atoms with van der Waals surface area (Å²) in [6, 6.07) is 6.00. The van der Waals surface area contributed by atoms with Gasteiger partial charge in [0.1, 0.15) is 5.75 Å². The standard InChI is InChI=1S/C10H10BrClO4S/c1-2-17(14,15)10(11)16-8-5-3-4-7(6-8)9(12)13/h3-6,10H,2H2,1H3. The zero-order chi connectivity index (χ0) is 13.1. The fourth-order valence-electron chi connectivity index (χ4n) is 1.00. The van der Waals surface area contributed by atoms with E-state index in [4.69, 9.17) is 16.3 Å². The molecular weight excluding hydrogens is 332 g/mol. The van der Waals surface area contributed by atoms with Gasteiger partial charge in [0.2, 0.25) is 0 Å². The number of halogens is 2. The van der Waals surface area contributed by atoms with E-state index in [0.717, 1.165) is 0 Å². The molecule has 0 aromatic heterocycles. The second-order valence-electron chi connectivity index (χ2n) is 3.15. The van der Waals surface area contributed by atoms with Gasteiger partial charge in [0.25, 0.3) is 9.59 Å². The summed E-state index contributed by atoms with van der Waals surface area (Å²) >= 11 is 8.23. The van der Waals surface area contributed by atoms with Gasteiger partial charge in [0.15, 0.2) is 9.84 Å². The average Bonchev–Trinajstić information content (AvgIpc) is 2.29. The number of hydrogen-bond donors (Lipinski definition) is 0. The Morgan fingerprint density at radius 2 is 2.18 bits per heavy atom. The maximum atomic E-state index is 11.5. The lowest BCUT2D eigenvalue weighted by atomic mass is 10.2. The Morgan fingerprint density at radius 3 is 2.71 bits per heavy atom. The van der Waals surface area contributed by atoms with Crippen LogP contribution in [0.5, 0.6) is 5.75 Å². The van der Waals surface area contributed by atoms with E-state index in [1.54, 1.807) is 12.1 Å². The van der Waals surface area contributed by atoms with Crippen LogP contribution in [0.2, 0.25) is 0 Å². The van der Waals surface area contributed by atoms with Crippen LogP contribution < -0.4 is 4.74 Å². The van der Waals surface area contributed by atoms with Gasteiger partial charge >= 0.3 is 0 Å². The first-order valence-corrected chi connectivity index (χ1v) is 7.70. The Hall–Kier alpha value is -0.590. The molecule has 17 heavy (non-hydrogen) atoms. The summed E-state index contributed by atoms with van der Waals surface area (Å²) in [5.74, 6) is 0.215. The third kappa shape index (κ3) is 3.97. The number of ether oxygens (including phenoxy) is 1. The molecule has 0 heterocycles. The second kappa shape index (κ2) is 5.84. The van der Waals surface area contributed by atoms with Gasteiger partial charge in [-0.25, -0.2) is 8.42 Å². The fraction of sp³-hybridized carbons (Fsp3) is 0.300. The van der Waals surface area contributed by atoms with Crippen LogP contribution in [0.4, 0.5) is 0 Å². The molecule has 0 N–H and O–H groups in total. The normalized spacial score (nSPS) is 13.1. The molecule has 94 valence electrons. The largest absolute Gasteiger partial charge is 0.464 e. The van der Waals surface area contributed by atoms with Gasteiger partial charge < -0.3 is 4.74 Å². The first-order chi connectivity index (χ1) is 7.86. The van der Waals surface area contributed by atoms with Crippen LogP contribution in [-0.2, 0) is 9.84 Å². The minimum absolute atomic E-state index is 0.0446. The van der Waals surface area contributed by atoms with Crippen LogP contribution in [0.15, 0.2) is 24.3 Å². The van der Waals surface area contributed by atoms with Crippen molar-refractivity contribution in [2.75, 3.05) is 5.75 Å². The summed E-state index contributed by atoms with van der Waals surface area (Å²) in [5, 5.41) is -0.625. The highest BCUT2D eigenvalue weighted by Crippen LogP contribution is 2.20. The van der Waals surface area contributed by atoms with Crippen molar-refractivity contribution in [3.8, 4) is 5.75 Å². The SMILES string of the molecule is CCS(=O)(=O)C(Br)Oc1cccc(C(=O)Cl)c1. The van der Waals surface area contributed by atoms with Crippen molar-refractivity contribution in [1.82, 2.24) is 0 Å². The lowest BCUT2D eigenvalue weighted by Gasteiger charge is -2.12. The Labute approximate surface area is 113 Å². The van der Waals surface area contributed by atoms with Crippen molar-refractivity contribution < 1.29 is 17.9 Å². The number of carbonyl (C=O) groups excluding carboxylic acids is 1. The highest BCUT2D eigenvalue weighted by Gasteiger charge is 2.22. The maximum absolute atomic E-state index is 11.5. The number of benzene rings is 1. The van der Waals surface area contributed by atoms with Crippen LogP contribution >= 0.6 is 27.5 Å². The Kier molecular flexibility index (Phi) is 4.97. The summed E-state index contributed by atoms with van der Waals surface area (Å²) in [5.41, 5.74) is 0.248. The van der Waals surface area contributed by atoms with Gasteiger partial charge in [-0.2, -0.15) is 0 Å². The van der Waals surface area contributed by atoms with Gasteiger partial charge in [-0.15, -0.1) is 0 Å². The highest BCUT2D eigenvalue weighted by atomic mass is 79.9. The Morgan fingerprint density at radius 1 is 1.53 bits per heavy atom. The molecule has 0 fully saturated rings. The zero-order valence-corrected chi connectivity index (χ0v) is 12.0. The van der Waals surface area contributed by atoms with Crippen molar-refractivity contribution >= 4 is 42.6 Å². The van der Waals surface area contributed by atoms with Gasteiger partial charge in [0.05, 0.1) is 5.75 Å². The predicted molar refractivity (Wildman–Crippen MR) is 69.4 cm³/mol. The molecule has 4 nitrogen and oxygen atoms in total. The summed E-state index contributed by atoms with van der Waals surface area (Å²) in [6.07, 6.45) is 0. The van der Waals surface area contributed by atoms with Crippen LogP contribution in [0.25, 0.3) is 0 Å². The van der Waals surface area contributed by atoms with E-state index in [1.807, 2.05) is 0 Å². The molecule has 0 aliphatic carbocycles. The Bertz CT molecular complexity index is 515. The first kappa shape index (κ1) is 14.5. The molecule has 0 aliphatic heterocycles. The number of hydrogen-bond acceptors (Lipinski definition) is 4. The molecule has 0 aliphatic rings. The quantitative estimate of drug-likeness (QED) is 0.610. The predicted octanol–water partition coefficient (Wildman–Crippen LogP) is 2.56. The van der Waals surface area contributed by atoms with Gasteiger partial charge in [-0.1, -0.05) is 13.0 Å². The summed E-state index contributed by atoms with van der Waals surface area (Å²) in [4.78, 5) is 10.9. The van der Waals surface area contributed by atoms with Gasteiger partial charge in [-0.05, 0) is 45.7 Å².